The maximum atomic E-state index is 11.4. The minimum absolute atomic E-state index is 0. The van der Waals surface area contributed by atoms with E-state index < -0.39 is 21.3 Å². The Balaban J connectivity index is 0. The van der Waals surface area contributed by atoms with Crippen LogP contribution in [0.4, 0.5) is 8.78 Å². The molecule has 0 radical (unpaired) electrons. The molecular weight excluding hydrogens is 188 g/mol. The zero-order valence-electron chi connectivity index (χ0n) is 4.96. The third-order valence-corrected chi connectivity index (χ3v) is 2.02. The van der Waals surface area contributed by atoms with Crippen LogP contribution in [-0.4, -0.2) is 26.5 Å². The summed E-state index contributed by atoms with van der Waals surface area (Å²) in [5.41, 5.74) is 4.74. The van der Waals surface area contributed by atoms with Crippen molar-refractivity contribution in [3.63, 3.8) is 0 Å². The van der Waals surface area contributed by atoms with Gasteiger partial charge in [0.25, 0.3) is 0 Å². The summed E-state index contributed by atoms with van der Waals surface area (Å²) in [6.07, 6.45) is 0. The molecule has 10 heavy (non-hydrogen) atoms. The van der Waals surface area contributed by atoms with Crippen LogP contribution in [0.25, 0.3) is 0 Å². The largest absolute Gasteiger partial charge is 0.336 e. The summed E-state index contributed by atoms with van der Waals surface area (Å²) >= 11 is 0. The Bertz CT molecular complexity index is 169. The highest BCUT2D eigenvalue weighted by molar-refractivity contribution is 7.91. The average molecular weight is 196 g/mol. The third kappa shape index (κ3) is 3.97. The van der Waals surface area contributed by atoms with Gasteiger partial charge in [-0.15, -0.1) is 12.4 Å². The molecule has 0 atom stereocenters. The lowest BCUT2D eigenvalue weighted by atomic mass is 10.8. The Morgan fingerprint density at radius 2 is 1.80 bits per heavy atom. The number of sulfone groups is 1. The number of rotatable bonds is 3. The standard InChI is InChI=1S/C3H7F2NO2S.ClH/c4-3(5)9(7,8)2-1-6;/h3H,1-2,6H2;1H. The van der Waals surface area contributed by atoms with Gasteiger partial charge in [-0.25, -0.2) is 8.42 Å². The average Bonchev–Trinajstić information content (AvgIpc) is 1.65. The summed E-state index contributed by atoms with van der Waals surface area (Å²) < 4.78 is 42.9. The van der Waals surface area contributed by atoms with Gasteiger partial charge in [-0.3, -0.25) is 0 Å². The molecule has 0 unspecified atom stereocenters. The van der Waals surface area contributed by atoms with Crippen LogP contribution in [0.1, 0.15) is 0 Å². The van der Waals surface area contributed by atoms with E-state index in [1.165, 1.54) is 0 Å². The quantitative estimate of drug-likeness (QED) is 0.690. The van der Waals surface area contributed by atoms with Crippen LogP contribution in [0.2, 0.25) is 0 Å². The summed E-state index contributed by atoms with van der Waals surface area (Å²) in [6.45, 7) is -0.257. The van der Waals surface area contributed by atoms with E-state index in [4.69, 9.17) is 5.73 Å². The monoisotopic (exact) mass is 195 g/mol. The topological polar surface area (TPSA) is 60.2 Å². The minimum Gasteiger partial charge on any atom is -0.329 e. The predicted molar refractivity (Wildman–Crippen MR) is 36.1 cm³/mol. The molecule has 0 heterocycles. The fourth-order valence-electron chi connectivity index (χ4n) is 0.253. The fraction of sp³-hybridized carbons (Fsp3) is 1.00. The van der Waals surface area contributed by atoms with Crippen LogP contribution in [-0.2, 0) is 9.84 Å². The van der Waals surface area contributed by atoms with Crippen molar-refractivity contribution in [3.8, 4) is 0 Å². The fourth-order valence-corrected chi connectivity index (χ4v) is 0.760. The van der Waals surface area contributed by atoms with E-state index in [0.29, 0.717) is 0 Å². The summed E-state index contributed by atoms with van der Waals surface area (Å²) in [5, 5.41) is 0. The van der Waals surface area contributed by atoms with Gasteiger partial charge in [0.05, 0.1) is 5.75 Å². The Morgan fingerprint density at radius 3 is 1.90 bits per heavy atom. The molecule has 0 spiro atoms. The molecule has 0 saturated carbocycles. The molecule has 3 nitrogen and oxygen atoms in total. The molecule has 0 rings (SSSR count). The smallest absolute Gasteiger partial charge is 0.329 e. The number of halogens is 3. The van der Waals surface area contributed by atoms with Gasteiger partial charge in [-0.1, -0.05) is 0 Å². The zero-order valence-corrected chi connectivity index (χ0v) is 6.59. The molecule has 2 N–H and O–H groups in total. The van der Waals surface area contributed by atoms with Crippen molar-refractivity contribution in [1.82, 2.24) is 0 Å². The van der Waals surface area contributed by atoms with Gasteiger partial charge in [0.1, 0.15) is 0 Å². The van der Waals surface area contributed by atoms with E-state index in [2.05, 4.69) is 0 Å². The molecule has 0 aliphatic rings. The van der Waals surface area contributed by atoms with Gasteiger partial charge < -0.3 is 5.73 Å². The highest BCUT2D eigenvalue weighted by Crippen LogP contribution is 2.03. The summed E-state index contributed by atoms with van der Waals surface area (Å²) in [6, 6.07) is 0. The van der Waals surface area contributed by atoms with Crippen LogP contribution in [0.5, 0.6) is 0 Å². The van der Waals surface area contributed by atoms with Crippen LogP contribution in [0, 0.1) is 0 Å². The van der Waals surface area contributed by atoms with Crippen LogP contribution >= 0.6 is 12.4 Å². The van der Waals surface area contributed by atoms with Crippen LogP contribution in [0.15, 0.2) is 0 Å². The minimum atomic E-state index is -4.21. The first-order valence-corrected chi connectivity index (χ1v) is 3.92. The third-order valence-electron chi connectivity index (χ3n) is 0.674. The first kappa shape index (κ1) is 12.7. The van der Waals surface area contributed by atoms with E-state index in [1.807, 2.05) is 0 Å². The Kier molecular flexibility index (Phi) is 6.12. The van der Waals surface area contributed by atoms with Gasteiger partial charge in [0.15, 0.2) is 0 Å². The molecule has 0 aromatic rings. The first-order chi connectivity index (χ1) is 4.00. The molecule has 0 saturated heterocycles. The lowest BCUT2D eigenvalue weighted by Crippen LogP contribution is -2.21. The van der Waals surface area contributed by atoms with E-state index in [-0.39, 0.29) is 19.0 Å². The molecule has 0 aliphatic carbocycles. The van der Waals surface area contributed by atoms with Gasteiger partial charge in [-0.2, -0.15) is 8.78 Å². The zero-order chi connectivity index (χ0) is 7.49. The van der Waals surface area contributed by atoms with Crippen molar-refractivity contribution in [2.45, 2.75) is 5.76 Å². The summed E-state index contributed by atoms with van der Waals surface area (Å²) in [5.74, 6) is -3.94. The highest BCUT2D eigenvalue weighted by Gasteiger charge is 2.21. The van der Waals surface area contributed by atoms with Crippen LogP contribution < -0.4 is 5.73 Å². The number of alkyl halides is 2. The molecule has 0 bridgehead atoms. The number of hydrogen-bond acceptors (Lipinski definition) is 3. The Labute approximate surface area is 63.9 Å². The molecular formula is C3H8ClF2NO2S. The second kappa shape index (κ2) is 4.81. The van der Waals surface area contributed by atoms with Crippen molar-refractivity contribution in [3.05, 3.63) is 0 Å². The normalized spacial score (nSPS) is 11.2. The molecule has 0 aromatic carbocycles. The maximum absolute atomic E-state index is 11.4. The van der Waals surface area contributed by atoms with Gasteiger partial charge >= 0.3 is 5.76 Å². The van der Waals surface area contributed by atoms with Crippen molar-refractivity contribution >= 4 is 22.2 Å². The van der Waals surface area contributed by atoms with Crippen LogP contribution in [0.3, 0.4) is 0 Å². The second-order valence-electron chi connectivity index (χ2n) is 1.42. The molecule has 64 valence electrons. The van der Waals surface area contributed by atoms with E-state index in [0.717, 1.165) is 0 Å². The SMILES string of the molecule is Cl.NCCS(=O)(=O)C(F)F. The molecule has 7 heteroatoms. The number of hydrogen-bond donors (Lipinski definition) is 1. The molecule has 0 amide bonds. The van der Waals surface area contributed by atoms with E-state index in [9.17, 15) is 17.2 Å². The first-order valence-electron chi connectivity index (χ1n) is 2.20. The van der Waals surface area contributed by atoms with Gasteiger partial charge in [-0.05, 0) is 0 Å². The summed E-state index contributed by atoms with van der Waals surface area (Å²) in [7, 11) is -4.21. The van der Waals surface area contributed by atoms with E-state index in [1.54, 1.807) is 0 Å². The predicted octanol–water partition coefficient (Wildman–Crippen LogP) is 0.00430. The Hall–Kier alpha value is 0.0600. The van der Waals surface area contributed by atoms with Crippen molar-refractivity contribution in [2.24, 2.45) is 5.73 Å². The van der Waals surface area contributed by atoms with Gasteiger partial charge in [0, 0.05) is 6.54 Å². The van der Waals surface area contributed by atoms with Crippen molar-refractivity contribution in [2.75, 3.05) is 12.3 Å². The van der Waals surface area contributed by atoms with Gasteiger partial charge in [0.2, 0.25) is 9.84 Å². The summed E-state index contributed by atoms with van der Waals surface area (Å²) in [4.78, 5) is 0. The second-order valence-corrected chi connectivity index (χ2v) is 3.51. The van der Waals surface area contributed by atoms with Crippen molar-refractivity contribution < 1.29 is 17.2 Å². The van der Waals surface area contributed by atoms with Crippen molar-refractivity contribution in [1.29, 1.82) is 0 Å². The molecule has 0 fully saturated rings. The molecule has 0 aliphatic heterocycles. The number of nitrogens with two attached hydrogens (primary N) is 1. The Morgan fingerprint density at radius 1 is 1.40 bits per heavy atom. The maximum Gasteiger partial charge on any atom is 0.336 e. The molecule has 0 aromatic heterocycles. The lowest BCUT2D eigenvalue weighted by Gasteiger charge is -1.97. The highest BCUT2D eigenvalue weighted by atomic mass is 35.5. The lowest BCUT2D eigenvalue weighted by molar-refractivity contribution is 0.235. The van der Waals surface area contributed by atoms with E-state index >= 15 is 0 Å².